The lowest BCUT2D eigenvalue weighted by Crippen LogP contribution is -2.24. The highest BCUT2D eigenvalue weighted by Gasteiger charge is 2.09. The van der Waals surface area contributed by atoms with Gasteiger partial charge in [-0.3, -0.25) is 4.79 Å². The molecule has 0 unspecified atom stereocenters. The van der Waals surface area contributed by atoms with Crippen molar-refractivity contribution >= 4 is 33.2 Å². The normalized spacial score (nSPS) is 10.3. The molecule has 15 heavy (non-hydrogen) atoms. The van der Waals surface area contributed by atoms with Crippen LogP contribution in [0.3, 0.4) is 0 Å². The molecule has 0 radical (unpaired) electrons. The van der Waals surface area contributed by atoms with E-state index >= 15 is 0 Å². The van der Waals surface area contributed by atoms with Crippen molar-refractivity contribution in [2.24, 2.45) is 0 Å². The van der Waals surface area contributed by atoms with Crippen molar-refractivity contribution < 1.29 is 9.53 Å². The van der Waals surface area contributed by atoms with Crippen LogP contribution in [0.25, 0.3) is 0 Å². The number of carbonyl (C=O) groups is 1. The average Bonchev–Trinajstić information content (AvgIpc) is 2.54. The molecule has 1 amide bonds. The molecule has 0 fully saturated rings. The van der Waals surface area contributed by atoms with Crippen molar-refractivity contribution in [3.63, 3.8) is 0 Å². The number of nitrogens with one attached hydrogen (secondary N) is 1. The summed E-state index contributed by atoms with van der Waals surface area (Å²) < 4.78 is 5.91. The number of hydrogen-bond acceptors (Lipinski definition) is 3. The number of rotatable bonds is 5. The van der Waals surface area contributed by atoms with Crippen molar-refractivity contribution in [3.8, 4) is 0 Å². The van der Waals surface area contributed by atoms with Gasteiger partial charge in [-0.15, -0.1) is 11.3 Å². The summed E-state index contributed by atoms with van der Waals surface area (Å²) in [7, 11) is 1.65. The first kappa shape index (κ1) is 12.7. The largest absolute Gasteiger partial charge is 0.385 e. The third kappa shape index (κ3) is 3.93. The second kappa shape index (κ2) is 6.25. The number of hydrogen-bond donors (Lipinski definition) is 1. The predicted octanol–water partition coefficient (Wildman–Crippen LogP) is 2.59. The van der Waals surface area contributed by atoms with Crippen molar-refractivity contribution in [2.45, 2.75) is 13.3 Å². The van der Waals surface area contributed by atoms with Crippen LogP contribution in [0.2, 0.25) is 0 Å². The molecule has 1 aromatic rings. The molecule has 0 bridgehead atoms. The van der Waals surface area contributed by atoms with Crippen LogP contribution in [0, 0.1) is 6.92 Å². The van der Waals surface area contributed by atoms with Gasteiger partial charge in [-0.2, -0.15) is 0 Å². The lowest BCUT2D eigenvalue weighted by Gasteiger charge is -2.02. The van der Waals surface area contributed by atoms with Crippen LogP contribution >= 0.6 is 27.3 Å². The van der Waals surface area contributed by atoms with E-state index in [4.69, 9.17) is 4.74 Å². The number of ether oxygens (including phenoxy) is 1. The first-order valence-electron chi connectivity index (χ1n) is 4.68. The van der Waals surface area contributed by atoms with Crippen LogP contribution in [0.5, 0.6) is 0 Å². The third-order valence-corrected chi connectivity index (χ3v) is 4.03. The van der Waals surface area contributed by atoms with Gasteiger partial charge in [-0.05, 0) is 40.9 Å². The molecule has 1 heterocycles. The molecule has 5 heteroatoms. The first-order valence-corrected chi connectivity index (χ1v) is 6.29. The fourth-order valence-corrected chi connectivity index (χ4v) is 2.53. The van der Waals surface area contributed by atoms with E-state index in [9.17, 15) is 4.79 Å². The summed E-state index contributed by atoms with van der Waals surface area (Å²) in [4.78, 5) is 12.4. The number of amides is 1. The Morgan fingerprint density at radius 1 is 1.67 bits per heavy atom. The van der Waals surface area contributed by atoms with Crippen LogP contribution in [0.4, 0.5) is 0 Å². The van der Waals surface area contributed by atoms with E-state index in [0.29, 0.717) is 13.2 Å². The van der Waals surface area contributed by atoms with Gasteiger partial charge < -0.3 is 10.1 Å². The minimum atomic E-state index is -0.00935. The van der Waals surface area contributed by atoms with Gasteiger partial charge in [-0.25, -0.2) is 0 Å². The number of carbonyl (C=O) groups excluding carboxylic acids is 1. The van der Waals surface area contributed by atoms with Gasteiger partial charge in [0.25, 0.3) is 5.91 Å². The Morgan fingerprint density at radius 3 is 2.93 bits per heavy atom. The van der Waals surface area contributed by atoms with Crippen molar-refractivity contribution in [1.29, 1.82) is 0 Å². The van der Waals surface area contributed by atoms with Crippen molar-refractivity contribution in [2.75, 3.05) is 20.3 Å². The molecular formula is C10H14BrNO2S. The molecule has 0 aliphatic heterocycles. The van der Waals surface area contributed by atoms with E-state index in [1.165, 1.54) is 11.3 Å². The molecule has 1 N–H and O–H groups in total. The maximum atomic E-state index is 11.6. The maximum absolute atomic E-state index is 11.6. The third-order valence-electron chi connectivity index (χ3n) is 1.89. The summed E-state index contributed by atoms with van der Waals surface area (Å²) in [6.07, 6.45) is 0.841. The van der Waals surface area contributed by atoms with Gasteiger partial charge >= 0.3 is 0 Å². The van der Waals surface area contributed by atoms with Crippen LogP contribution in [0.15, 0.2) is 9.85 Å². The van der Waals surface area contributed by atoms with Gasteiger partial charge in [0.2, 0.25) is 0 Å². The van der Waals surface area contributed by atoms with Crippen LogP contribution in [-0.4, -0.2) is 26.2 Å². The summed E-state index contributed by atoms with van der Waals surface area (Å²) in [6, 6.07) is 1.89. The molecule has 0 aromatic carbocycles. The Balaban J connectivity index is 2.40. The average molecular weight is 292 g/mol. The Hall–Kier alpha value is -0.390. The quantitative estimate of drug-likeness (QED) is 0.847. The topological polar surface area (TPSA) is 38.3 Å². The monoisotopic (exact) mass is 291 g/mol. The number of halogens is 1. The number of methoxy groups -OCH3 is 1. The second-order valence-electron chi connectivity index (χ2n) is 3.17. The van der Waals surface area contributed by atoms with Gasteiger partial charge in [0.1, 0.15) is 0 Å². The van der Waals surface area contributed by atoms with Gasteiger partial charge in [0, 0.05) is 20.3 Å². The zero-order valence-electron chi connectivity index (χ0n) is 8.80. The van der Waals surface area contributed by atoms with Gasteiger partial charge in [0.15, 0.2) is 0 Å². The SMILES string of the molecule is COCCCNC(=O)c1cc(C)c(Br)s1. The van der Waals surface area contributed by atoms with Crippen molar-refractivity contribution in [3.05, 3.63) is 20.3 Å². The minimum Gasteiger partial charge on any atom is -0.385 e. The fraction of sp³-hybridized carbons (Fsp3) is 0.500. The van der Waals surface area contributed by atoms with Crippen LogP contribution < -0.4 is 5.32 Å². The molecule has 84 valence electrons. The smallest absolute Gasteiger partial charge is 0.261 e. The highest BCUT2D eigenvalue weighted by Crippen LogP contribution is 2.27. The molecule has 0 aliphatic carbocycles. The summed E-state index contributed by atoms with van der Waals surface area (Å²) in [5, 5.41) is 2.84. The highest BCUT2D eigenvalue weighted by atomic mass is 79.9. The molecule has 3 nitrogen and oxygen atoms in total. The minimum absolute atomic E-state index is 0.00935. The first-order chi connectivity index (χ1) is 7.15. The molecular weight excluding hydrogens is 278 g/mol. The van der Waals surface area contributed by atoms with E-state index in [1.807, 2.05) is 13.0 Å². The fourth-order valence-electron chi connectivity index (χ4n) is 1.08. The Kier molecular flexibility index (Phi) is 5.28. The molecule has 1 rings (SSSR count). The summed E-state index contributed by atoms with van der Waals surface area (Å²) in [5.74, 6) is -0.00935. The van der Waals surface area contributed by atoms with E-state index in [2.05, 4.69) is 21.2 Å². The predicted molar refractivity (Wildman–Crippen MR) is 65.6 cm³/mol. The van der Waals surface area contributed by atoms with E-state index in [-0.39, 0.29) is 5.91 Å². The molecule has 0 spiro atoms. The highest BCUT2D eigenvalue weighted by molar-refractivity contribution is 9.11. The molecule has 0 saturated heterocycles. The summed E-state index contributed by atoms with van der Waals surface area (Å²) in [5.41, 5.74) is 1.10. The Bertz CT molecular complexity index is 319. The Labute approximate surface area is 102 Å². The zero-order valence-corrected chi connectivity index (χ0v) is 11.2. The molecule has 0 aliphatic rings. The van der Waals surface area contributed by atoms with Gasteiger partial charge in [-0.1, -0.05) is 0 Å². The van der Waals surface area contributed by atoms with Crippen LogP contribution in [0.1, 0.15) is 21.7 Å². The lowest BCUT2D eigenvalue weighted by atomic mass is 10.3. The number of aryl methyl sites for hydroxylation is 1. The van der Waals surface area contributed by atoms with E-state index in [1.54, 1.807) is 7.11 Å². The molecule has 1 aromatic heterocycles. The zero-order chi connectivity index (χ0) is 11.3. The van der Waals surface area contributed by atoms with Crippen molar-refractivity contribution in [1.82, 2.24) is 5.32 Å². The Morgan fingerprint density at radius 2 is 2.40 bits per heavy atom. The molecule has 0 atom stereocenters. The second-order valence-corrected chi connectivity index (χ2v) is 5.54. The summed E-state index contributed by atoms with van der Waals surface area (Å²) >= 11 is 4.86. The lowest BCUT2D eigenvalue weighted by molar-refractivity contribution is 0.0952. The summed E-state index contributed by atoms with van der Waals surface area (Å²) in [6.45, 7) is 3.30. The molecule has 0 saturated carbocycles. The maximum Gasteiger partial charge on any atom is 0.261 e. The van der Waals surface area contributed by atoms with E-state index in [0.717, 1.165) is 20.6 Å². The van der Waals surface area contributed by atoms with Gasteiger partial charge in [0.05, 0.1) is 8.66 Å². The van der Waals surface area contributed by atoms with E-state index < -0.39 is 0 Å². The standard InChI is InChI=1S/C10H14BrNO2S/c1-7-6-8(15-9(7)11)10(13)12-4-3-5-14-2/h6H,3-5H2,1-2H3,(H,12,13). The van der Waals surface area contributed by atoms with Crippen LogP contribution in [-0.2, 0) is 4.74 Å². The number of thiophene rings is 1.